The number of halogens is 2. The number of aromatic nitrogens is 1. The topological polar surface area (TPSA) is 63.3 Å². The smallest absolute Gasteiger partial charge is 0.239 e. The molecule has 265 valence electrons. The van der Waals surface area contributed by atoms with Crippen LogP contribution in [0.5, 0.6) is 0 Å². The van der Waals surface area contributed by atoms with Crippen molar-refractivity contribution in [3.05, 3.63) is 89.3 Å². The van der Waals surface area contributed by atoms with Crippen LogP contribution >= 0.6 is 0 Å². The average molecular weight is 847 g/mol. The molecule has 5 rings (SSSR count). The standard InChI is InChI=1S/C29H26F2NO.C13H24O2.Ir/c1-17-18(10-12-25(30)31)9-11-22-23-13-14-32-26(28(23)33-27(17)22)20-15-19-7-5-6-8-21(19)24(16-20)29(2,3)4;1-5-10(6-2)12(14)9-13(15)11(7-3)8-4;/h5-9,11,13-14,16,25H,10,12H2,1-4H3;9-11,14H,5-8H2,1-4H3;/q-1;;/b;12-9-;. The molecule has 2 heterocycles. The predicted octanol–water partition coefficient (Wildman–Crippen LogP) is 12.3. The molecule has 0 atom stereocenters. The first kappa shape index (κ1) is 40.0. The van der Waals surface area contributed by atoms with Gasteiger partial charge in [0.25, 0.3) is 0 Å². The number of carbonyl (C=O) groups excluding carboxylic acids is 1. The molecule has 0 aliphatic carbocycles. The number of allylic oxidation sites excluding steroid dienone is 2. The summed E-state index contributed by atoms with van der Waals surface area (Å²) in [6, 6.07) is 19.9. The van der Waals surface area contributed by atoms with Crippen LogP contribution in [0, 0.1) is 24.8 Å². The molecule has 0 amide bonds. The van der Waals surface area contributed by atoms with Crippen molar-refractivity contribution in [3.8, 4) is 11.3 Å². The number of hydrogen-bond acceptors (Lipinski definition) is 4. The van der Waals surface area contributed by atoms with Crippen molar-refractivity contribution in [1.29, 1.82) is 0 Å². The molecule has 1 N–H and O–H groups in total. The van der Waals surface area contributed by atoms with E-state index in [2.05, 4.69) is 56.1 Å². The molecular weight excluding hydrogens is 797 g/mol. The quantitative estimate of drug-likeness (QED) is 0.0817. The number of pyridine rings is 1. The van der Waals surface area contributed by atoms with Crippen LogP contribution < -0.4 is 0 Å². The molecule has 0 bridgehead atoms. The van der Waals surface area contributed by atoms with E-state index < -0.39 is 6.43 Å². The molecule has 0 unspecified atom stereocenters. The summed E-state index contributed by atoms with van der Waals surface area (Å²) in [4.78, 5) is 16.4. The number of carbonyl (C=O) groups is 1. The van der Waals surface area contributed by atoms with Crippen LogP contribution in [0.25, 0.3) is 44.0 Å². The molecule has 0 saturated heterocycles. The number of alkyl halides is 2. The molecule has 0 aliphatic heterocycles. The third kappa shape index (κ3) is 9.23. The summed E-state index contributed by atoms with van der Waals surface area (Å²) in [5, 5.41) is 13.9. The Balaban J connectivity index is 0.000000347. The number of aryl methyl sites for hydroxylation is 2. The Morgan fingerprint density at radius 1 is 0.918 bits per heavy atom. The summed E-state index contributed by atoms with van der Waals surface area (Å²) >= 11 is 0. The SMILES string of the molecule is CCC(CC)C(=O)/C=C(\O)C(CC)CC.Cc1c(CCC(F)F)ccc2c1oc1c(-c3[c-]c4ccccc4c(C(C)(C)C)c3)nccc12.[Ir]. The minimum absolute atomic E-state index is 0. The first-order chi connectivity index (χ1) is 22.8. The van der Waals surface area contributed by atoms with Crippen molar-refractivity contribution < 1.29 is 43.2 Å². The van der Waals surface area contributed by atoms with Crippen molar-refractivity contribution in [3.63, 3.8) is 0 Å². The Hall–Kier alpha value is -3.41. The monoisotopic (exact) mass is 847 g/mol. The number of ketones is 1. The minimum Gasteiger partial charge on any atom is -0.512 e. The van der Waals surface area contributed by atoms with Crippen LogP contribution in [0.2, 0.25) is 0 Å². The summed E-state index contributed by atoms with van der Waals surface area (Å²) < 4.78 is 31.9. The molecule has 3 aromatic carbocycles. The van der Waals surface area contributed by atoms with E-state index in [4.69, 9.17) is 4.42 Å². The molecule has 7 heteroatoms. The molecule has 4 nitrogen and oxygen atoms in total. The number of hydrogen-bond donors (Lipinski definition) is 1. The Bertz CT molecular complexity index is 1900. The fourth-order valence-electron chi connectivity index (χ4n) is 6.43. The summed E-state index contributed by atoms with van der Waals surface area (Å²) in [5.41, 5.74) is 6.05. The fraction of sp³-hybridized carbons (Fsp3) is 0.429. The van der Waals surface area contributed by atoms with E-state index in [1.807, 2.05) is 58.9 Å². The van der Waals surface area contributed by atoms with E-state index in [0.29, 0.717) is 12.0 Å². The van der Waals surface area contributed by atoms with Gasteiger partial charge in [-0.1, -0.05) is 89.7 Å². The molecule has 1 radical (unpaired) electrons. The van der Waals surface area contributed by atoms with E-state index in [1.165, 1.54) is 17.0 Å². The summed E-state index contributed by atoms with van der Waals surface area (Å²) in [6.45, 7) is 16.6. The van der Waals surface area contributed by atoms with Crippen LogP contribution in [0.15, 0.2) is 71.0 Å². The van der Waals surface area contributed by atoms with Crippen molar-refractivity contribution in [1.82, 2.24) is 4.98 Å². The van der Waals surface area contributed by atoms with Gasteiger partial charge in [-0.2, -0.15) is 0 Å². The zero-order chi connectivity index (χ0) is 35.2. The Morgan fingerprint density at radius 3 is 2.16 bits per heavy atom. The van der Waals surface area contributed by atoms with Gasteiger partial charge in [-0.15, -0.1) is 29.1 Å². The number of fused-ring (bicyclic) bond motifs is 4. The van der Waals surface area contributed by atoms with Crippen LogP contribution in [0.4, 0.5) is 8.78 Å². The number of rotatable bonds is 11. The Morgan fingerprint density at radius 2 is 1.55 bits per heavy atom. The molecule has 0 spiro atoms. The fourth-order valence-corrected chi connectivity index (χ4v) is 6.43. The number of furan rings is 1. The first-order valence-corrected chi connectivity index (χ1v) is 17.3. The van der Waals surface area contributed by atoms with Gasteiger partial charge in [-0.25, -0.2) is 8.78 Å². The summed E-state index contributed by atoms with van der Waals surface area (Å²) in [6.07, 6.45) is 4.57. The zero-order valence-corrected chi connectivity index (χ0v) is 32.4. The summed E-state index contributed by atoms with van der Waals surface area (Å²) in [5.74, 6) is 0.547. The number of aliphatic hydroxyl groups is 1. The van der Waals surface area contributed by atoms with E-state index in [0.717, 1.165) is 69.8 Å². The van der Waals surface area contributed by atoms with Crippen LogP contribution in [0.3, 0.4) is 0 Å². The summed E-state index contributed by atoms with van der Waals surface area (Å²) in [7, 11) is 0. The molecule has 0 saturated carbocycles. The second-order valence-corrected chi connectivity index (χ2v) is 13.7. The van der Waals surface area contributed by atoms with Crippen LogP contribution in [-0.2, 0) is 36.7 Å². The van der Waals surface area contributed by atoms with Gasteiger partial charge in [0.2, 0.25) is 6.43 Å². The normalized spacial score (nSPS) is 12.2. The second-order valence-electron chi connectivity index (χ2n) is 13.7. The Kier molecular flexibility index (Phi) is 14.3. The number of nitrogens with zero attached hydrogens (tertiary/aromatic N) is 1. The maximum atomic E-state index is 12.8. The molecule has 49 heavy (non-hydrogen) atoms. The zero-order valence-electron chi connectivity index (χ0n) is 30.0. The van der Waals surface area contributed by atoms with Crippen LogP contribution in [-0.4, -0.2) is 22.3 Å². The van der Waals surface area contributed by atoms with Gasteiger partial charge in [0, 0.05) is 67.1 Å². The molecular formula is C42H50F2IrNO3-. The third-order valence-corrected chi connectivity index (χ3v) is 9.47. The number of aliphatic hydroxyl groups excluding tert-OH is 1. The minimum atomic E-state index is -2.31. The maximum Gasteiger partial charge on any atom is 0.239 e. The predicted molar refractivity (Wildman–Crippen MR) is 195 cm³/mol. The van der Waals surface area contributed by atoms with E-state index >= 15 is 0 Å². The molecule has 2 aromatic heterocycles. The Labute approximate surface area is 303 Å². The maximum absolute atomic E-state index is 12.8. The molecule has 0 aliphatic rings. The van der Waals surface area contributed by atoms with Crippen LogP contribution in [0.1, 0.15) is 97.3 Å². The van der Waals surface area contributed by atoms with Gasteiger partial charge in [0.1, 0.15) is 11.2 Å². The molecule has 5 aromatic rings. The second kappa shape index (κ2) is 17.5. The van der Waals surface area contributed by atoms with Gasteiger partial charge in [0.15, 0.2) is 5.78 Å². The van der Waals surface area contributed by atoms with E-state index in [9.17, 15) is 18.7 Å². The van der Waals surface area contributed by atoms with Gasteiger partial charge >= 0.3 is 0 Å². The van der Waals surface area contributed by atoms with E-state index in [1.54, 1.807) is 6.20 Å². The van der Waals surface area contributed by atoms with Gasteiger partial charge in [-0.3, -0.25) is 9.78 Å². The van der Waals surface area contributed by atoms with Gasteiger partial charge in [-0.05, 0) is 61.6 Å². The number of benzene rings is 3. The largest absolute Gasteiger partial charge is 0.512 e. The van der Waals surface area contributed by atoms with Crippen molar-refractivity contribution in [2.45, 2.75) is 106 Å². The average Bonchev–Trinajstić information content (AvgIpc) is 3.44. The van der Waals surface area contributed by atoms with Crippen molar-refractivity contribution in [2.24, 2.45) is 11.8 Å². The van der Waals surface area contributed by atoms with Crippen molar-refractivity contribution in [2.75, 3.05) is 0 Å². The first-order valence-electron chi connectivity index (χ1n) is 17.3. The van der Waals surface area contributed by atoms with E-state index in [-0.39, 0.29) is 55.3 Å². The third-order valence-electron chi connectivity index (χ3n) is 9.47. The van der Waals surface area contributed by atoms with Gasteiger partial charge in [0.05, 0.1) is 5.76 Å². The van der Waals surface area contributed by atoms with Gasteiger partial charge < -0.3 is 9.52 Å². The van der Waals surface area contributed by atoms with Crippen molar-refractivity contribution >= 4 is 38.5 Å². The molecule has 0 fully saturated rings.